The van der Waals surface area contributed by atoms with Crippen molar-refractivity contribution in [2.24, 2.45) is 11.7 Å². The molecule has 0 saturated heterocycles. The van der Waals surface area contributed by atoms with Crippen LogP contribution in [-0.4, -0.2) is 0 Å². The quantitative estimate of drug-likeness (QED) is 0.770. The first-order valence-electron chi connectivity index (χ1n) is 4.98. The Balaban J connectivity index is 2.32. The molecular weight excluding hydrogens is 172 g/mol. The average Bonchev–Trinajstić information content (AvgIpc) is 2.99. The zero-order valence-electron chi connectivity index (χ0n) is 8.33. The van der Waals surface area contributed by atoms with Gasteiger partial charge in [-0.1, -0.05) is 6.07 Å². The van der Waals surface area contributed by atoms with E-state index in [1.165, 1.54) is 12.8 Å². The Bertz CT molecular complexity index is 386. The van der Waals surface area contributed by atoms with Crippen molar-refractivity contribution in [1.29, 1.82) is 5.26 Å². The third kappa shape index (κ3) is 1.78. The standard InChI is InChI=1S/C12H14N2/c1-8-4-9(7-13)6-11(5-8)12(14)10-2-3-10/h4-6,10,12H,2-3,14H2,1H3/t12-/m1/s1. The fourth-order valence-corrected chi connectivity index (χ4v) is 1.80. The van der Waals surface area contributed by atoms with Crippen LogP contribution in [0, 0.1) is 24.2 Å². The minimum absolute atomic E-state index is 0.127. The second kappa shape index (κ2) is 3.43. The summed E-state index contributed by atoms with van der Waals surface area (Å²) < 4.78 is 0. The highest BCUT2D eigenvalue weighted by Crippen LogP contribution is 2.39. The van der Waals surface area contributed by atoms with Gasteiger partial charge in [0.05, 0.1) is 11.6 Å². The van der Waals surface area contributed by atoms with E-state index < -0.39 is 0 Å². The van der Waals surface area contributed by atoms with Crippen LogP contribution in [0.5, 0.6) is 0 Å². The number of nitrogens with zero attached hydrogens (tertiary/aromatic N) is 1. The largest absolute Gasteiger partial charge is 0.324 e. The number of hydrogen-bond acceptors (Lipinski definition) is 2. The number of rotatable bonds is 2. The summed E-state index contributed by atoms with van der Waals surface area (Å²) in [6.45, 7) is 2.00. The lowest BCUT2D eigenvalue weighted by molar-refractivity contribution is 0.633. The van der Waals surface area contributed by atoms with Crippen molar-refractivity contribution in [3.8, 4) is 6.07 Å². The van der Waals surface area contributed by atoms with E-state index in [9.17, 15) is 0 Å². The molecular formula is C12H14N2. The molecule has 72 valence electrons. The summed E-state index contributed by atoms with van der Waals surface area (Å²) in [4.78, 5) is 0. The van der Waals surface area contributed by atoms with E-state index in [1.807, 2.05) is 19.1 Å². The van der Waals surface area contributed by atoms with Gasteiger partial charge in [-0.05, 0) is 48.9 Å². The van der Waals surface area contributed by atoms with Crippen molar-refractivity contribution < 1.29 is 0 Å². The lowest BCUT2D eigenvalue weighted by Crippen LogP contribution is -2.12. The van der Waals surface area contributed by atoms with E-state index in [-0.39, 0.29) is 6.04 Å². The predicted molar refractivity (Wildman–Crippen MR) is 55.5 cm³/mol. The Hall–Kier alpha value is -1.33. The van der Waals surface area contributed by atoms with Crippen LogP contribution in [0.1, 0.15) is 35.6 Å². The Morgan fingerprint density at radius 1 is 1.43 bits per heavy atom. The number of nitrogens with two attached hydrogens (primary N) is 1. The molecule has 1 aliphatic rings. The van der Waals surface area contributed by atoms with Gasteiger partial charge in [-0.3, -0.25) is 0 Å². The molecule has 0 unspecified atom stereocenters. The Morgan fingerprint density at radius 3 is 2.71 bits per heavy atom. The third-order valence-corrected chi connectivity index (χ3v) is 2.74. The van der Waals surface area contributed by atoms with E-state index in [2.05, 4.69) is 12.1 Å². The van der Waals surface area contributed by atoms with Gasteiger partial charge in [0.25, 0.3) is 0 Å². The molecule has 2 nitrogen and oxygen atoms in total. The van der Waals surface area contributed by atoms with Crippen molar-refractivity contribution in [2.45, 2.75) is 25.8 Å². The summed E-state index contributed by atoms with van der Waals surface area (Å²) in [6.07, 6.45) is 2.47. The molecule has 0 spiro atoms. The summed E-state index contributed by atoms with van der Waals surface area (Å²) in [7, 11) is 0. The van der Waals surface area contributed by atoms with Crippen LogP contribution in [0.15, 0.2) is 18.2 Å². The first-order chi connectivity index (χ1) is 6.70. The summed E-state index contributed by atoms with van der Waals surface area (Å²) in [6, 6.07) is 8.19. The normalized spacial score (nSPS) is 17.5. The molecule has 0 radical (unpaired) electrons. The van der Waals surface area contributed by atoms with Crippen LogP contribution in [0.3, 0.4) is 0 Å². The van der Waals surface area contributed by atoms with Crippen LogP contribution in [-0.2, 0) is 0 Å². The van der Waals surface area contributed by atoms with Gasteiger partial charge in [-0.2, -0.15) is 5.26 Å². The van der Waals surface area contributed by atoms with Gasteiger partial charge < -0.3 is 5.73 Å². The van der Waals surface area contributed by atoms with Crippen molar-refractivity contribution in [1.82, 2.24) is 0 Å². The van der Waals surface area contributed by atoms with E-state index in [0.717, 1.165) is 16.7 Å². The molecule has 1 aromatic rings. The fraction of sp³-hybridized carbons (Fsp3) is 0.417. The summed E-state index contributed by atoms with van der Waals surface area (Å²) >= 11 is 0. The maximum Gasteiger partial charge on any atom is 0.0991 e. The highest BCUT2D eigenvalue weighted by Gasteiger charge is 2.29. The van der Waals surface area contributed by atoms with E-state index in [1.54, 1.807) is 0 Å². The van der Waals surface area contributed by atoms with Crippen LogP contribution in [0.25, 0.3) is 0 Å². The van der Waals surface area contributed by atoms with Gasteiger partial charge >= 0.3 is 0 Å². The van der Waals surface area contributed by atoms with Crippen LogP contribution in [0.2, 0.25) is 0 Å². The van der Waals surface area contributed by atoms with Crippen LogP contribution >= 0.6 is 0 Å². The molecule has 0 aliphatic heterocycles. The molecule has 1 saturated carbocycles. The third-order valence-electron chi connectivity index (χ3n) is 2.74. The van der Waals surface area contributed by atoms with Gasteiger partial charge in [0.2, 0.25) is 0 Å². The maximum absolute atomic E-state index is 8.83. The van der Waals surface area contributed by atoms with Crippen molar-refractivity contribution in [3.05, 3.63) is 34.9 Å². The summed E-state index contributed by atoms with van der Waals surface area (Å²) in [5, 5.41) is 8.83. The molecule has 2 N–H and O–H groups in total. The summed E-state index contributed by atoms with van der Waals surface area (Å²) in [5.41, 5.74) is 9.04. The summed E-state index contributed by atoms with van der Waals surface area (Å²) in [5.74, 6) is 0.642. The first-order valence-corrected chi connectivity index (χ1v) is 4.98. The lowest BCUT2D eigenvalue weighted by Gasteiger charge is -2.11. The Labute approximate surface area is 84.3 Å². The number of benzene rings is 1. The molecule has 1 fully saturated rings. The Morgan fingerprint density at radius 2 is 2.14 bits per heavy atom. The van der Waals surface area contributed by atoms with Crippen molar-refractivity contribution in [3.63, 3.8) is 0 Å². The molecule has 2 rings (SSSR count). The first kappa shape index (κ1) is 9.23. The second-order valence-corrected chi connectivity index (χ2v) is 4.11. The van der Waals surface area contributed by atoms with Crippen molar-refractivity contribution >= 4 is 0 Å². The number of hydrogen-bond donors (Lipinski definition) is 1. The SMILES string of the molecule is Cc1cc(C#N)cc([C@H](N)C2CC2)c1. The van der Waals surface area contributed by atoms with Gasteiger partial charge in [-0.15, -0.1) is 0 Å². The minimum atomic E-state index is 0.127. The minimum Gasteiger partial charge on any atom is -0.324 e. The van der Waals surface area contributed by atoms with Gasteiger partial charge in [0.15, 0.2) is 0 Å². The highest BCUT2D eigenvalue weighted by molar-refractivity contribution is 5.38. The molecule has 2 heteroatoms. The molecule has 0 bridgehead atoms. The topological polar surface area (TPSA) is 49.8 Å². The average molecular weight is 186 g/mol. The Kier molecular flexibility index (Phi) is 2.26. The molecule has 0 amide bonds. The molecule has 0 aromatic heterocycles. The number of aryl methyl sites for hydroxylation is 1. The fourth-order valence-electron chi connectivity index (χ4n) is 1.80. The molecule has 1 aromatic carbocycles. The highest BCUT2D eigenvalue weighted by atomic mass is 14.7. The van der Waals surface area contributed by atoms with Gasteiger partial charge in [-0.25, -0.2) is 0 Å². The smallest absolute Gasteiger partial charge is 0.0991 e. The van der Waals surface area contributed by atoms with Crippen LogP contribution in [0.4, 0.5) is 0 Å². The van der Waals surface area contributed by atoms with Crippen molar-refractivity contribution in [2.75, 3.05) is 0 Å². The van der Waals surface area contributed by atoms with Gasteiger partial charge in [0, 0.05) is 6.04 Å². The zero-order valence-corrected chi connectivity index (χ0v) is 8.33. The molecule has 14 heavy (non-hydrogen) atoms. The van der Waals surface area contributed by atoms with E-state index >= 15 is 0 Å². The monoisotopic (exact) mass is 186 g/mol. The number of nitriles is 1. The lowest BCUT2D eigenvalue weighted by atomic mass is 9.99. The van der Waals surface area contributed by atoms with Crippen LogP contribution < -0.4 is 5.73 Å². The van der Waals surface area contributed by atoms with E-state index in [4.69, 9.17) is 11.0 Å². The molecule has 1 atom stereocenters. The zero-order chi connectivity index (χ0) is 10.1. The van der Waals surface area contributed by atoms with Gasteiger partial charge in [0.1, 0.15) is 0 Å². The van der Waals surface area contributed by atoms with E-state index in [0.29, 0.717) is 5.92 Å². The molecule has 1 aliphatic carbocycles. The maximum atomic E-state index is 8.83. The predicted octanol–water partition coefficient (Wildman–Crippen LogP) is 2.28. The molecule has 0 heterocycles. The second-order valence-electron chi connectivity index (χ2n) is 4.11.